The van der Waals surface area contributed by atoms with Crippen LogP contribution in [0.2, 0.25) is 0 Å². The van der Waals surface area contributed by atoms with E-state index < -0.39 is 0 Å². The Bertz CT molecular complexity index is 785. The largest absolute Gasteiger partial charge is 0.508 e. The first kappa shape index (κ1) is 16.0. The molecule has 0 aromatic heterocycles. The topological polar surface area (TPSA) is 41.5 Å². The van der Waals surface area contributed by atoms with Gasteiger partial charge in [-0.2, -0.15) is 0 Å². The lowest BCUT2D eigenvalue weighted by molar-refractivity contribution is 0.474. The maximum atomic E-state index is 12.9. The molecule has 0 aliphatic rings. The second-order valence-electron chi connectivity index (χ2n) is 5.47. The molecule has 2 N–H and O–H groups in total. The summed E-state index contributed by atoms with van der Waals surface area (Å²) in [6.07, 6.45) is 0. The summed E-state index contributed by atoms with van der Waals surface area (Å²) in [4.78, 5) is 0. The number of halogens is 1. The fraction of sp³-hybridized carbons (Fsp3) is 0.100. The van der Waals surface area contributed by atoms with Gasteiger partial charge in [0.1, 0.15) is 23.1 Å². The molecule has 0 aliphatic carbocycles. The monoisotopic (exact) mass is 323 g/mol. The predicted octanol–water partition coefficient (Wildman–Crippen LogP) is 4.61. The highest BCUT2D eigenvalue weighted by molar-refractivity contribution is 5.33. The predicted molar refractivity (Wildman–Crippen MR) is 91.6 cm³/mol. The molecule has 24 heavy (non-hydrogen) atoms. The molecule has 3 aromatic rings. The zero-order chi connectivity index (χ0) is 16.8. The van der Waals surface area contributed by atoms with Crippen molar-refractivity contribution in [2.45, 2.75) is 13.1 Å². The van der Waals surface area contributed by atoms with Gasteiger partial charge in [-0.15, -0.1) is 0 Å². The summed E-state index contributed by atoms with van der Waals surface area (Å²) in [5.41, 5.74) is 2.16. The molecule has 0 bridgehead atoms. The van der Waals surface area contributed by atoms with E-state index >= 15 is 0 Å². The minimum absolute atomic E-state index is 0.275. The Morgan fingerprint density at radius 3 is 2.08 bits per heavy atom. The Morgan fingerprint density at radius 1 is 0.792 bits per heavy atom. The van der Waals surface area contributed by atoms with Gasteiger partial charge in [-0.3, -0.25) is 0 Å². The van der Waals surface area contributed by atoms with Crippen LogP contribution in [0.3, 0.4) is 0 Å². The standard InChI is InChI=1S/C20H18FNO2/c21-17-6-10-20(11-7-17)24-19-8-4-15(5-9-19)13-22-14-16-2-1-3-18(23)12-16/h1-12,22-23H,13-14H2. The van der Waals surface area contributed by atoms with Crippen molar-refractivity contribution in [3.8, 4) is 17.2 Å². The number of hydrogen-bond acceptors (Lipinski definition) is 3. The van der Waals surface area contributed by atoms with E-state index in [4.69, 9.17) is 4.74 Å². The number of phenolic OH excluding ortho intramolecular Hbond substituents is 1. The number of hydrogen-bond donors (Lipinski definition) is 2. The van der Waals surface area contributed by atoms with E-state index in [9.17, 15) is 9.50 Å². The maximum absolute atomic E-state index is 12.9. The molecule has 3 aromatic carbocycles. The van der Waals surface area contributed by atoms with E-state index in [0.29, 0.717) is 24.6 Å². The van der Waals surface area contributed by atoms with Gasteiger partial charge in [0.25, 0.3) is 0 Å². The Kier molecular flexibility index (Phi) is 5.08. The van der Waals surface area contributed by atoms with Gasteiger partial charge in [0, 0.05) is 13.1 Å². The first-order chi connectivity index (χ1) is 11.7. The SMILES string of the molecule is Oc1cccc(CNCc2ccc(Oc3ccc(F)cc3)cc2)c1. The summed E-state index contributed by atoms with van der Waals surface area (Å²) in [6.45, 7) is 1.40. The van der Waals surface area contributed by atoms with Crippen LogP contribution in [0.25, 0.3) is 0 Å². The average molecular weight is 323 g/mol. The van der Waals surface area contributed by atoms with Gasteiger partial charge in [0.2, 0.25) is 0 Å². The molecule has 0 saturated heterocycles. The molecule has 0 amide bonds. The van der Waals surface area contributed by atoms with E-state index in [-0.39, 0.29) is 11.6 Å². The molecule has 0 fully saturated rings. The first-order valence-electron chi connectivity index (χ1n) is 7.70. The third-order valence-electron chi connectivity index (χ3n) is 3.54. The van der Waals surface area contributed by atoms with Crippen LogP contribution in [0.1, 0.15) is 11.1 Å². The molecular weight excluding hydrogens is 305 g/mol. The number of phenols is 1. The Hall–Kier alpha value is -2.85. The van der Waals surface area contributed by atoms with Crippen molar-refractivity contribution in [1.82, 2.24) is 5.32 Å². The average Bonchev–Trinajstić information content (AvgIpc) is 2.59. The van der Waals surface area contributed by atoms with Crippen molar-refractivity contribution in [2.75, 3.05) is 0 Å². The fourth-order valence-corrected chi connectivity index (χ4v) is 2.33. The Morgan fingerprint density at radius 2 is 1.42 bits per heavy atom. The minimum atomic E-state index is -0.282. The van der Waals surface area contributed by atoms with Gasteiger partial charge in [-0.1, -0.05) is 24.3 Å². The second-order valence-corrected chi connectivity index (χ2v) is 5.47. The molecule has 0 radical (unpaired) electrons. The van der Waals surface area contributed by atoms with Gasteiger partial charge in [0.15, 0.2) is 0 Å². The van der Waals surface area contributed by atoms with E-state index in [1.165, 1.54) is 12.1 Å². The van der Waals surface area contributed by atoms with Crippen molar-refractivity contribution in [3.63, 3.8) is 0 Å². The minimum Gasteiger partial charge on any atom is -0.508 e. The molecule has 0 unspecified atom stereocenters. The van der Waals surface area contributed by atoms with E-state index in [0.717, 1.165) is 11.1 Å². The molecule has 3 nitrogen and oxygen atoms in total. The molecule has 4 heteroatoms. The molecular formula is C20H18FNO2. The summed E-state index contributed by atoms with van der Waals surface area (Å²) < 4.78 is 18.5. The van der Waals surface area contributed by atoms with Crippen molar-refractivity contribution in [2.24, 2.45) is 0 Å². The van der Waals surface area contributed by atoms with Gasteiger partial charge in [-0.25, -0.2) is 4.39 Å². The number of rotatable bonds is 6. The van der Waals surface area contributed by atoms with Crippen LogP contribution in [0, 0.1) is 5.82 Å². The van der Waals surface area contributed by atoms with Crippen LogP contribution in [0.4, 0.5) is 4.39 Å². The third-order valence-corrected chi connectivity index (χ3v) is 3.54. The van der Waals surface area contributed by atoms with Crippen molar-refractivity contribution >= 4 is 0 Å². The number of aromatic hydroxyl groups is 1. The molecule has 0 aliphatic heterocycles. The summed E-state index contributed by atoms with van der Waals surface area (Å²) in [6, 6.07) is 20.9. The van der Waals surface area contributed by atoms with Crippen LogP contribution in [0.15, 0.2) is 72.8 Å². The fourth-order valence-electron chi connectivity index (χ4n) is 2.33. The molecule has 0 saturated carbocycles. The van der Waals surface area contributed by atoms with Gasteiger partial charge >= 0.3 is 0 Å². The van der Waals surface area contributed by atoms with E-state index in [1.807, 2.05) is 36.4 Å². The van der Waals surface area contributed by atoms with Crippen molar-refractivity contribution in [3.05, 3.63) is 89.7 Å². The highest BCUT2D eigenvalue weighted by Gasteiger charge is 2.00. The lowest BCUT2D eigenvalue weighted by Crippen LogP contribution is -2.12. The summed E-state index contributed by atoms with van der Waals surface area (Å²) in [7, 11) is 0. The Labute approximate surface area is 140 Å². The Balaban J connectivity index is 1.51. The normalized spacial score (nSPS) is 10.5. The molecule has 3 rings (SSSR count). The molecule has 0 heterocycles. The van der Waals surface area contributed by atoms with Crippen molar-refractivity contribution < 1.29 is 14.2 Å². The van der Waals surface area contributed by atoms with E-state index in [1.54, 1.807) is 24.3 Å². The first-order valence-corrected chi connectivity index (χ1v) is 7.70. The molecule has 122 valence electrons. The lowest BCUT2D eigenvalue weighted by atomic mass is 10.2. The van der Waals surface area contributed by atoms with Crippen LogP contribution in [-0.2, 0) is 13.1 Å². The molecule has 0 spiro atoms. The highest BCUT2D eigenvalue weighted by Crippen LogP contribution is 2.21. The van der Waals surface area contributed by atoms with E-state index in [2.05, 4.69) is 5.32 Å². The summed E-state index contributed by atoms with van der Waals surface area (Å²) >= 11 is 0. The molecule has 0 atom stereocenters. The second kappa shape index (κ2) is 7.62. The van der Waals surface area contributed by atoms with Gasteiger partial charge < -0.3 is 15.2 Å². The zero-order valence-electron chi connectivity index (χ0n) is 13.1. The van der Waals surface area contributed by atoms with Gasteiger partial charge in [0.05, 0.1) is 0 Å². The quantitative estimate of drug-likeness (QED) is 0.696. The van der Waals surface area contributed by atoms with Crippen LogP contribution in [-0.4, -0.2) is 5.11 Å². The van der Waals surface area contributed by atoms with Crippen LogP contribution in [0.5, 0.6) is 17.2 Å². The van der Waals surface area contributed by atoms with Crippen molar-refractivity contribution in [1.29, 1.82) is 0 Å². The number of benzene rings is 3. The zero-order valence-corrected chi connectivity index (χ0v) is 13.1. The smallest absolute Gasteiger partial charge is 0.127 e. The van der Waals surface area contributed by atoms with Gasteiger partial charge in [-0.05, 0) is 59.7 Å². The third kappa shape index (κ3) is 4.57. The lowest BCUT2D eigenvalue weighted by Gasteiger charge is -2.08. The number of nitrogens with one attached hydrogen (secondary N) is 1. The summed E-state index contributed by atoms with van der Waals surface area (Å²) in [5, 5.41) is 12.8. The maximum Gasteiger partial charge on any atom is 0.127 e. The highest BCUT2D eigenvalue weighted by atomic mass is 19.1. The number of ether oxygens (including phenoxy) is 1. The van der Waals surface area contributed by atoms with Crippen LogP contribution >= 0.6 is 0 Å². The van der Waals surface area contributed by atoms with Crippen LogP contribution < -0.4 is 10.1 Å². The summed E-state index contributed by atoms with van der Waals surface area (Å²) in [5.74, 6) is 1.30.